The fourth-order valence-electron chi connectivity index (χ4n) is 6.41. The van der Waals surface area contributed by atoms with E-state index in [1.54, 1.807) is 0 Å². The molecule has 0 heterocycles. The maximum Gasteiger partial charge on any atom is -0.0100 e. The van der Waals surface area contributed by atoms with Gasteiger partial charge in [0.05, 0.1) is 0 Å². The number of rotatable bonds is 2. The number of fused-ring (bicyclic) bond motifs is 2. The summed E-state index contributed by atoms with van der Waals surface area (Å²) in [5.41, 5.74) is 12.4. The molecule has 0 amide bonds. The second-order valence-corrected chi connectivity index (χ2v) is 13.6. The first-order valence-electron chi connectivity index (χ1n) is 13.2. The van der Waals surface area contributed by atoms with Crippen molar-refractivity contribution in [2.24, 2.45) is 0 Å². The molecule has 0 atom stereocenters. The van der Waals surface area contributed by atoms with Crippen LogP contribution in [0.1, 0.15) is 103 Å². The highest BCUT2D eigenvalue weighted by atomic mass is 14.4. The van der Waals surface area contributed by atoms with Crippen molar-refractivity contribution in [3.8, 4) is 22.3 Å². The zero-order chi connectivity index (χ0) is 24.5. The Balaban J connectivity index is 1.58. The molecule has 178 valence electrons. The normalized spacial score (nSPS) is 21.4. The molecule has 0 bridgehead atoms. The summed E-state index contributed by atoms with van der Waals surface area (Å²) in [4.78, 5) is 0. The quantitative estimate of drug-likeness (QED) is 0.364. The average Bonchev–Trinajstić information content (AvgIpc) is 2.80. The molecule has 0 spiro atoms. The van der Waals surface area contributed by atoms with E-state index in [1.807, 2.05) is 0 Å². The Bertz CT molecular complexity index is 1150. The highest BCUT2D eigenvalue weighted by Crippen LogP contribution is 2.48. The summed E-state index contributed by atoms with van der Waals surface area (Å²) in [7, 11) is 0. The van der Waals surface area contributed by atoms with Crippen LogP contribution in [0.4, 0.5) is 0 Å². The third-order valence-electron chi connectivity index (χ3n) is 9.23. The zero-order valence-corrected chi connectivity index (χ0v) is 22.6. The molecule has 34 heavy (non-hydrogen) atoms. The molecule has 0 fully saturated rings. The fourth-order valence-corrected chi connectivity index (χ4v) is 6.41. The molecule has 0 N–H and O–H groups in total. The molecule has 5 rings (SSSR count). The van der Waals surface area contributed by atoms with Crippen LogP contribution < -0.4 is 0 Å². The summed E-state index contributed by atoms with van der Waals surface area (Å²) in [6, 6.07) is 23.6. The lowest BCUT2D eigenvalue weighted by atomic mass is 9.62. The SMILES string of the molecule is CC1(C)CCC(C)(C)c2cc(-c3cccc(-c4ccc5c(c4)C(C)(C)CCC5(C)C)c3)ccc21. The van der Waals surface area contributed by atoms with E-state index in [0.717, 1.165) is 0 Å². The van der Waals surface area contributed by atoms with E-state index in [4.69, 9.17) is 0 Å². The number of benzene rings is 3. The van der Waals surface area contributed by atoms with Crippen LogP contribution in [0.5, 0.6) is 0 Å². The third-order valence-corrected chi connectivity index (χ3v) is 9.23. The van der Waals surface area contributed by atoms with E-state index in [2.05, 4.69) is 116 Å². The summed E-state index contributed by atoms with van der Waals surface area (Å²) < 4.78 is 0. The van der Waals surface area contributed by atoms with Crippen LogP contribution in [0.25, 0.3) is 22.3 Å². The molecule has 0 unspecified atom stereocenters. The highest BCUT2D eigenvalue weighted by Gasteiger charge is 2.38. The smallest absolute Gasteiger partial charge is 0.0100 e. The van der Waals surface area contributed by atoms with Crippen LogP contribution in [-0.4, -0.2) is 0 Å². The van der Waals surface area contributed by atoms with E-state index in [9.17, 15) is 0 Å². The molecule has 0 aromatic heterocycles. The van der Waals surface area contributed by atoms with Crippen molar-refractivity contribution >= 4 is 0 Å². The molecular formula is C34H42. The van der Waals surface area contributed by atoms with E-state index in [-0.39, 0.29) is 21.7 Å². The third kappa shape index (κ3) is 3.84. The summed E-state index contributed by atoms with van der Waals surface area (Å²) in [5, 5.41) is 0. The lowest BCUT2D eigenvalue weighted by molar-refractivity contribution is 0.332. The Labute approximate surface area is 207 Å². The van der Waals surface area contributed by atoms with E-state index in [0.29, 0.717) is 0 Å². The maximum atomic E-state index is 2.48. The average molecular weight is 451 g/mol. The minimum Gasteiger partial charge on any atom is -0.0610 e. The van der Waals surface area contributed by atoms with Crippen molar-refractivity contribution in [1.82, 2.24) is 0 Å². The summed E-state index contributed by atoms with van der Waals surface area (Å²) in [6.45, 7) is 19.3. The van der Waals surface area contributed by atoms with Gasteiger partial charge in [0, 0.05) is 0 Å². The van der Waals surface area contributed by atoms with Crippen LogP contribution in [0.3, 0.4) is 0 Å². The molecule has 0 radical (unpaired) electrons. The van der Waals surface area contributed by atoms with Gasteiger partial charge >= 0.3 is 0 Å². The largest absolute Gasteiger partial charge is 0.0610 e. The Morgan fingerprint density at radius 2 is 0.706 bits per heavy atom. The van der Waals surface area contributed by atoms with E-state index in [1.165, 1.54) is 70.2 Å². The minimum atomic E-state index is 0.232. The first-order chi connectivity index (χ1) is 15.8. The van der Waals surface area contributed by atoms with E-state index >= 15 is 0 Å². The van der Waals surface area contributed by atoms with Gasteiger partial charge in [0.25, 0.3) is 0 Å². The van der Waals surface area contributed by atoms with Crippen molar-refractivity contribution in [2.75, 3.05) is 0 Å². The van der Waals surface area contributed by atoms with Gasteiger partial charge < -0.3 is 0 Å². The van der Waals surface area contributed by atoms with Crippen molar-refractivity contribution in [3.05, 3.63) is 82.9 Å². The van der Waals surface area contributed by atoms with Crippen LogP contribution >= 0.6 is 0 Å². The molecule has 3 aromatic carbocycles. The molecule has 0 aliphatic heterocycles. The van der Waals surface area contributed by atoms with Gasteiger partial charge in [0.1, 0.15) is 0 Å². The number of hydrogen-bond acceptors (Lipinski definition) is 0. The molecule has 2 aliphatic carbocycles. The van der Waals surface area contributed by atoms with Crippen molar-refractivity contribution in [2.45, 2.75) is 103 Å². The zero-order valence-electron chi connectivity index (χ0n) is 22.6. The van der Waals surface area contributed by atoms with Crippen LogP contribution in [0.15, 0.2) is 60.7 Å². The van der Waals surface area contributed by atoms with Crippen molar-refractivity contribution in [1.29, 1.82) is 0 Å². The minimum absolute atomic E-state index is 0.232. The maximum absolute atomic E-state index is 2.48. The standard InChI is InChI=1S/C34H42/c1-31(2)16-18-33(5,6)29-21-25(12-14-27(29)31)23-10-9-11-24(20-23)26-13-15-28-30(22-26)34(7,8)19-17-32(28,3)4/h9-15,20-22H,16-19H2,1-8H3. The van der Waals surface area contributed by atoms with Gasteiger partial charge in [-0.15, -0.1) is 0 Å². The second-order valence-electron chi connectivity index (χ2n) is 13.6. The van der Waals surface area contributed by atoms with Crippen LogP contribution in [-0.2, 0) is 21.7 Å². The Morgan fingerprint density at radius 3 is 1.09 bits per heavy atom. The lowest BCUT2D eigenvalue weighted by Crippen LogP contribution is -2.33. The van der Waals surface area contributed by atoms with Gasteiger partial charge in [-0.05, 0) is 97.9 Å². The molecule has 2 aliphatic rings. The predicted molar refractivity (Wildman–Crippen MR) is 148 cm³/mol. The van der Waals surface area contributed by atoms with Crippen LogP contribution in [0, 0.1) is 0 Å². The van der Waals surface area contributed by atoms with Gasteiger partial charge in [-0.2, -0.15) is 0 Å². The molecule has 3 aromatic rings. The summed E-state index contributed by atoms with van der Waals surface area (Å²) >= 11 is 0. The van der Waals surface area contributed by atoms with Gasteiger partial charge in [-0.25, -0.2) is 0 Å². The van der Waals surface area contributed by atoms with Crippen LogP contribution in [0.2, 0.25) is 0 Å². The summed E-state index contributed by atoms with van der Waals surface area (Å²) in [5.74, 6) is 0. The first-order valence-corrected chi connectivity index (χ1v) is 13.2. The monoisotopic (exact) mass is 450 g/mol. The fraction of sp³-hybridized carbons (Fsp3) is 0.471. The predicted octanol–water partition coefficient (Wildman–Crippen LogP) is 9.72. The van der Waals surface area contributed by atoms with Gasteiger partial charge in [0.15, 0.2) is 0 Å². The molecule has 0 saturated carbocycles. The van der Waals surface area contributed by atoms with Gasteiger partial charge in [-0.1, -0.05) is 110 Å². The molecular weight excluding hydrogens is 408 g/mol. The van der Waals surface area contributed by atoms with E-state index < -0.39 is 0 Å². The Hall–Kier alpha value is -2.34. The summed E-state index contributed by atoms with van der Waals surface area (Å²) in [6.07, 6.45) is 5.01. The topological polar surface area (TPSA) is 0 Å². The Morgan fingerprint density at radius 1 is 0.382 bits per heavy atom. The highest BCUT2D eigenvalue weighted by molar-refractivity contribution is 5.75. The Kier molecular flexibility index (Phi) is 5.22. The number of hydrogen-bond donors (Lipinski definition) is 0. The second kappa shape index (κ2) is 7.58. The first kappa shape index (κ1) is 23.4. The molecule has 0 heteroatoms. The van der Waals surface area contributed by atoms with Crippen molar-refractivity contribution in [3.63, 3.8) is 0 Å². The van der Waals surface area contributed by atoms with Gasteiger partial charge in [0.2, 0.25) is 0 Å². The van der Waals surface area contributed by atoms with Crippen molar-refractivity contribution < 1.29 is 0 Å². The van der Waals surface area contributed by atoms with Gasteiger partial charge in [-0.3, -0.25) is 0 Å². The molecule has 0 saturated heterocycles. The molecule has 0 nitrogen and oxygen atoms in total. The lowest BCUT2D eigenvalue weighted by Gasteiger charge is -2.42.